The molecule has 2 aromatic rings. The number of hydrogen-bond donors (Lipinski definition) is 1. The third-order valence-electron chi connectivity index (χ3n) is 3.00. The molecule has 0 spiro atoms. The maximum atomic E-state index is 10.6. The van der Waals surface area contributed by atoms with Crippen molar-refractivity contribution in [3.63, 3.8) is 0 Å². The Hall–Kier alpha value is -0.560. The lowest BCUT2D eigenvalue weighted by Gasteiger charge is -2.17. The molecule has 3 nitrogen and oxygen atoms in total. The molecule has 1 unspecified atom stereocenters. The number of aliphatic hydroxyl groups is 1. The highest BCUT2D eigenvalue weighted by Crippen LogP contribution is 2.38. The van der Waals surface area contributed by atoms with Gasteiger partial charge in [-0.25, -0.2) is 0 Å². The first-order chi connectivity index (χ1) is 9.96. The average Bonchev–Trinajstić information content (AvgIpc) is 2.45. The van der Waals surface area contributed by atoms with Crippen LogP contribution in [0.2, 0.25) is 0 Å². The summed E-state index contributed by atoms with van der Waals surface area (Å²) in [5.41, 5.74) is 1.47. The van der Waals surface area contributed by atoms with Crippen LogP contribution in [0.3, 0.4) is 0 Å². The van der Waals surface area contributed by atoms with Crippen molar-refractivity contribution in [1.29, 1.82) is 0 Å². The van der Waals surface area contributed by atoms with Crippen LogP contribution >= 0.6 is 47.8 Å². The van der Waals surface area contributed by atoms with Gasteiger partial charge in [0, 0.05) is 19.0 Å². The molecule has 1 atom stereocenters. The second-order valence-corrected chi connectivity index (χ2v) is 7.02. The van der Waals surface area contributed by atoms with E-state index in [2.05, 4.69) is 47.8 Å². The van der Waals surface area contributed by atoms with Crippen LogP contribution in [0, 0.1) is 0 Å². The predicted molar refractivity (Wildman–Crippen MR) is 93.1 cm³/mol. The van der Waals surface area contributed by atoms with Crippen LogP contribution in [0.15, 0.2) is 43.7 Å². The summed E-state index contributed by atoms with van der Waals surface area (Å²) in [6.45, 7) is 0. The van der Waals surface area contributed by atoms with Crippen molar-refractivity contribution in [2.75, 3.05) is 14.2 Å². The van der Waals surface area contributed by atoms with Gasteiger partial charge in [-0.15, -0.1) is 0 Å². The van der Waals surface area contributed by atoms with Crippen LogP contribution in [0.1, 0.15) is 17.2 Å². The molecule has 21 heavy (non-hydrogen) atoms. The van der Waals surface area contributed by atoms with Gasteiger partial charge in [0.2, 0.25) is 0 Å². The lowest BCUT2D eigenvalue weighted by atomic mass is 10.0. The lowest BCUT2D eigenvalue weighted by Crippen LogP contribution is -2.02. The van der Waals surface area contributed by atoms with Crippen molar-refractivity contribution >= 4 is 47.8 Å². The first kappa shape index (κ1) is 16.8. The van der Waals surface area contributed by atoms with Gasteiger partial charge in [-0.1, -0.05) is 47.8 Å². The van der Waals surface area contributed by atoms with Gasteiger partial charge in [0.25, 0.3) is 0 Å². The van der Waals surface area contributed by atoms with Crippen LogP contribution in [-0.2, 0) is 0 Å². The van der Waals surface area contributed by atoms with Gasteiger partial charge in [-0.3, -0.25) is 0 Å². The van der Waals surface area contributed by atoms with E-state index in [4.69, 9.17) is 9.47 Å². The zero-order valence-electron chi connectivity index (χ0n) is 11.4. The molecule has 0 saturated carbocycles. The number of methoxy groups -OCH3 is 2. The predicted octanol–water partition coefficient (Wildman–Crippen LogP) is 5.07. The van der Waals surface area contributed by atoms with E-state index in [1.165, 1.54) is 0 Å². The smallest absolute Gasteiger partial charge is 0.161 e. The molecule has 0 saturated heterocycles. The summed E-state index contributed by atoms with van der Waals surface area (Å²) >= 11 is 10.3. The summed E-state index contributed by atoms with van der Waals surface area (Å²) in [5, 5.41) is 10.6. The van der Waals surface area contributed by atoms with Crippen LogP contribution in [-0.4, -0.2) is 19.3 Å². The molecule has 0 radical (unpaired) electrons. The van der Waals surface area contributed by atoms with Gasteiger partial charge < -0.3 is 14.6 Å². The molecule has 2 rings (SSSR count). The highest BCUT2D eigenvalue weighted by atomic mass is 79.9. The molecule has 0 bridgehead atoms. The number of benzene rings is 2. The minimum Gasteiger partial charge on any atom is -0.493 e. The first-order valence-electron chi connectivity index (χ1n) is 6.01. The van der Waals surface area contributed by atoms with Crippen molar-refractivity contribution in [3.8, 4) is 11.5 Å². The number of halogens is 3. The van der Waals surface area contributed by atoms with Crippen LogP contribution in [0.5, 0.6) is 11.5 Å². The van der Waals surface area contributed by atoms with Gasteiger partial charge in [0.15, 0.2) is 11.5 Å². The minimum atomic E-state index is -0.784. The van der Waals surface area contributed by atoms with E-state index in [9.17, 15) is 5.11 Å². The molecule has 0 aliphatic heterocycles. The Morgan fingerprint density at radius 3 is 1.90 bits per heavy atom. The fourth-order valence-corrected chi connectivity index (χ4v) is 3.86. The third-order valence-corrected chi connectivity index (χ3v) is 4.60. The highest BCUT2D eigenvalue weighted by molar-refractivity contribution is 9.11. The summed E-state index contributed by atoms with van der Waals surface area (Å²) in [6, 6.07) is 9.21. The Balaban J connectivity index is 2.49. The summed E-state index contributed by atoms with van der Waals surface area (Å²) in [4.78, 5) is 0. The van der Waals surface area contributed by atoms with Crippen molar-refractivity contribution < 1.29 is 14.6 Å². The Morgan fingerprint density at radius 2 is 1.38 bits per heavy atom. The molecule has 112 valence electrons. The zero-order chi connectivity index (χ0) is 15.6. The summed E-state index contributed by atoms with van der Waals surface area (Å²) in [5.74, 6) is 1.18. The van der Waals surface area contributed by atoms with Gasteiger partial charge in [-0.05, 0) is 35.9 Å². The topological polar surface area (TPSA) is 38.7 Å². The molecule has 0 aliphatic carbocycles. The molecular weight excluding hydrogens is 468 g/mol. The zero-order valence-corrected chi connectivity index (χ0v) is 16.1. The van der Waals surface area contributed by atoms with E-state index in [1.807, 2.05) is 18.2 Å². The van der Waals surface area contributed by atoms with E-state index in [1.54, 1.807) is 26.4 Å². The molecule has 0 aromatic heterocycles. The Labute approximate surface area is 148 Å². The average molecular weight is 481 g/mol. The van der Waals surface area contributed by atoms with Crippen molar-refractivity contribution in [2.24, 2.45) is 0 Å². The van der Waals surface area contributed by atoms with E-state index < -0.39 is 6.10 Å². The molecule has 1 N–H and O–H groups in total. The maximum absolute atomic E-state index is 10.6. The second kappa shape index (κ2) is 7.13. The number of ether oxygens (including phenoxy) is 2. The minimum absolute atomic E-state index is 0.573. The van der Waals surface area contributed by atoms with Crippen LogP contribution < -0.4 is 9.47 Å². The number of rotatable bonds is 4. The fourth-order valence-electron chi connectivity index (χ4n) is 1.99. The van der Waals surface area contributed by atoms with E-state index in [0.717, 1.165) is 19.0 Å². The van der Waals surface area contributed by atoms with E-state index in [-0.39, 0.29) is 0 Å². The van der Waals surface area contributed by atoms with Gasteiger partial charge in [-0.2, -0.15) is 0 Å². The third kappa shape index (κ3) is 3.80. The van der Waals surface area contributed by atoms with Crippen LogP contribution in [0.25, 0.3) is 0 Å². The summed E-state index contributed by atoms with van der Waals surface area (Å²) < 4.78 is 13.1. The lowest BCUT2D eigenvalue weighted by molar-refractivity contribution is 0.218. The molecule has 0 aliphatic rings. The standard InChI is InChI=1S/C15H13Br3O3/c1-20-13-6-11(12(18)7-14(13)21-2)15(19)8-3-9(16)5-10(17)4-8/h3-7,15,19H,1-2H3. The molecule has 0 fully saturated rings. The normalized spacial score (nSPS) is 12.1. The highest BCUT2D eigenvalue weighted by Gasteiger charge is 2.18. The molecular formula is C15H13Br3O3. The molecule has 6 heteroatoms. The second-order valence-electron chi connectivity index (χ2n) is 4.33. The van der Waals surface area contributed by atoms with Crippen LogP contribution in [0.4, 0.5) is 0 Å². The monoisotopic (exact) mass is 478 g/mol. The van der Waals surface area contributed by atoms with Crippen molar-refractivity contribution in [1.82, 2.24) is 0 Å². The van der Waals surface area contributed by atoms with Gasteiger partial charge >= 0.3 is 0 Å². The number of aliphatic hydroxyl groups excluding tert-OH is 1. The largest absolute Gasteiger partial charge is 0.493 e. The SMILES string of the molecule is COc1cc(Br)c(C(O)c2cc(Br)cc(Br)c2)cc1OC. The summed E-state index contributed by atoms with van der Waals surface area (Å²) in [6.07, 6.45) is -0.784. The molecule has 0 heterocycles. The Bertz CT molecular complexity index is 639. The first-order valence-corrected chi connectivity index (χ1v) is 8.39. The summed E-state index contributed by atoms with van der Waals surface area (Å²) in [7, 11) is 3.14. The van der Waals surface area contributed by atoms with Gasteiger partial charge in [0.1, 0.15) is 6.10 Å². The van der Waals surface area contributed by atoms with Gasteiger partial charge in [0.05, 0.1) is 14.2 Å². The Morgan fingerprint density at radius 1 is 0.857 bits per heavy atom. The van der Waals surface area contributed by atoms with E-state index in [0.29, 0.717) is 17.1 Å². The van der Waals surface area contributed by atoms with Crippen molar-refractivity contribution in [2.45, 2.75) is 6.10 Å². The Kier molecular flexibility index (Phi) is 5.71. The number of hydrogen-bond acceptors (Lipinski definition) is 3. The molecule has 2 aromatic carbocycles. The van der Waals surface area contributed by atoms with E-state index >= 15 is 0 Å². The maximum Gasteiger partial charge on any atom is 0.161 e. The van der Waals surface area contributed by atoms with Crippen molar-refractivity contribution in [3.05, 3.63) is 54.9 Å². The molecule has 0 amide bonds. The quantitative estimate of drug-likeness (QED) is 0.663. The fraction of sp³-hybridized carbons (Fsp3) is 0.200.